The first-order valence-corrected chi connectivity index (χ1v) is 14.6. The van der Waals surface area contributed by atoms with Gasteiger partial charge in [0.1, 0.15) is 6.04 Å². The number of hydrogen-bond donors (Lipinski definition) is 1. The highest BCUT2D eigenvalue weighted by atomic mass is 32.2. The minimum atomic E-state index is -3.52. The van der Waals surface area contributed by atoms with Crippen molar-refractivity contribution in [2.45, 2.75) is 72.4 Å². The molecule has 8 heteroatoms. The van der Waals surface area contributed by atoms with Crippen LogP contribution in [0, 0.1) is 13.8 Å². The molecule has 2 aromatic carbocycles. The van der Waals surface area contributed by atoms with Gasteiger partial charge in [0.25, 0.3) is 0 Å². The second-order valence-electron chi connectivity index (χ2n) is 9.28. The molecule has 198 valence electrons. The first-order valence-electron chi connectivity index (χ1n) is 12.7. The number of hydrogen-bond acceptors (Lipinski definition) is 4. The minimum Gasteiger partial charge on any atom is -0.354 e. The molecular formula is C28H41N3O4S. The zero-order chi connectivity index (χ0) is 26.7. The van der Waals surface area contributed by atoms with E-state index in [2.05, 4.69) is 12.2 Å². The summed E-state index contributed by atoms with van der Waals surface area (Å²) in [5.41, 5.74) is 3.63. The number of aryl methyl sites for hydroxylation is 2. The van der Waals surface area contributed by atoms with Crippen molar-refractivity contribution < 1.29 is 18.0 Å². The number of sulfonamides is 1. The van der Waals surface area contributed by atoms with Gasteiger partial charge in [0.2, 0.25) is 21.8 Å². The summed E-state index contributed by atoms with van der Waals surface area (Å²) < 4.78 is 26.4. The summed E-state index contributed by atoms with van der Waals surface area (Å²) in [6.45, 7) is 8.98. The van der Waals surface area contributed by atoms with Gasteiger partial charge in [0, 0.05) is 26.1 Å². The molecule has 2 rings (SSSR count). The van der Waals surface area contributed by atoms with E-state index in [1.54, 1.807) is 11.0 Å². The lowest BCUT2D eigenvalue weighted by Crippen LogP contribution is -2.49. The van der Waals surface area contributed by atoms with Crippen LogP contribution in [-0.2, 0) is 26.2 Å². The van der Waals surface area contributed by atoms with Crippen LogP contribution in [-0.4, -0.2) is 50.5 Å². The van der Waals surface area contributed by atoms with E-state index in [0.29, 0.717) is 31.6 Å². The molecule has 2 aromatic rings. The normalized spacial score (nSPS) is 12.1. The number of benzene rings is 2. The Morgan fingerprint density at radius 3 is 2.25 bits per heavy atom. The summed E-state index contributed by atoms with van der Waals surface area (Å²) in [7, 11) is -3.52. The number of unbranched alkanes of at least 4 members (excludes halogenated alkanes) is 1. The Morgan fingerprint density at radius 1 is 0.972 bits per heavy atom. The predicted molar refractivity (Wildman–Crippen MR) is 146 cm³/mol. The third-order valence-electron chi connectivity index (χ3n) is 6.34. The van der Waals surface area contributed by atoms with E-state index in [1.165, 1.54) is 10.6 Å². The Hall–Kier alpha value is -2.87. The highest BCUT2D eigenvalue weighted by Gasteiger charge is 2.28. The average Bonchev–Trinajstić information content (AvgIpc) is 2.83. The molecule has 0 fully saturated rings. The quantitative estimate of drug-likeness (QED) is 0.373. The molecule has 0 aliphatic rings. The van der Waals surface area contributed by atoms with Crippen LogP contribution in [0.3, 0.4) is 0 Å². The molecule has 36 heavy (non-hydrogen) atoms. The van der Waals surface area contributed by atoms with Crippen molar-refractivity contribution >= 4 is 27.5 Å². The number of rotatable bonds is 14. The van der Waals surface area contributed by atoms with E-state index in [-0.39, 0.29) is 24.8 Å². The first kappa shape index (κ1) is 29.4. The van der Waals surface area contributed by atoms with Gasteiger partial charge in [-0.25, -0.2) is 8.42 Å². The Kier molecular flexibility index (Phi) is 11.4. The third kappa shape index (κ3) is 8.66. The maximum absolute atomic E-state index is 13.4. The Morgan fingerprint density at radius 2 is 1.67 bits per heavy atom. The summed E-state index contributed by atoms with van der Waals surface area (Å²) >= 11 is 0. The Balaban J connectivity index is 2.18. The molecule has 1 atom stereocenters. The lowest BCUT2D eigenvalue weighted by molar-refractivity contribution is -0.141. The molecule has 0 aliphatic heterocycles. The van der Waals surface area contributed by atoms with Gasteiger partial charge in [0.15, 0.2) is 0 Å². The van der Waals surface area contributed by atoms with Gasteiger partial charge in [-0.1, -0.05) is 56.7 Å². The molecule has 0 saturated carbocycles. The van der Waals surface area contributed by atoms with Crippen molar-refractivity contribution in [3.63, 3.8) is 0 Å². The molecule has 7 nitrogen and oxygen atoms in total. The number of nitrogens with zero attached hydrogens (tertiary/aromatic N) is 2. The number of anilines is 1. The van der Waals surface area contributed by atoms with Crippen LogP contribution in [0.1, 0.15) is 62.6 Å². The molecule has 0 radical (unpaired) electrons. The van der Waals surface area contributed by atoms with Crippen molar-refractivity contribution in [2.75, 3.05) is 23.7 Å². The smallest absolute Gasteiger partial charge is 0.242 e. The largest absolute Gasteiger partial charge is 0.354 e. The summed E-state index contributed by atoms with van der Waals surface area (Å²) in [6.07, 6.45) is 4.02. The zero-order valence-corrected chi connectivity index (χ0v) is 23.1. The molecule has 0 aromatic heterocycles. The molecule has 0 bridgehead atoms. The van der Waals surface area contributed by atoms with Gasteiger partial charge in [-0.05, 0) is 61.9 Å². The van der Waals surface area contributed by atoms with Gasteiger partial charge >= 0.3 is 0 Å². The fourth-order valence-corrected chi connectivity index (χ4v) is 5.05. The average molecular weight is 516 g/mol. The fourth-order valence-electron chi connectivity index (χ4n) is 4.09. The van der Waals surface area contributed by atoms with Crippen LogP contribution in [0.2, 0.25) is 0 Å². The van der Waals surface area contributed by atoms with Gasteiger partial charge in [-0.3, -0.25) is 13.9 Å². The third-order valence-corrected chi connectivity index (χ3v) is 7.54. The summed E-state index contributed by atoms with van der Waals surface area (Å²) in [6, 6.07) is 14.6. The highest BCUT2D eigenvalue weighted by Crippen LogP contribution is 2.22. The van der Waals surface area contributed by atoms with Crippen LogP contribution < -0.4 is 9.62 Å². The van der Waals surface area contributed by atoms with Gasteiger partial charge in [0.05, 0.1) is 11.9 Å². The van der Waals surface area contributed by atoms with Crippen molar-refractivity contribution in [1.82, 2.24) is 10.2 Å². The van der Waals surface area contributed by atoms with Crippen molar-refractivity contribution in [3.05, 3.63) is 65.2 Å². The molecule has 0 spiro atoms. The highest BCUT2D eigenvalue weighted by molar-refractivity contribution is 7.92. The van der Waals surface area contributed by atoms with Crippen LogP contribution in [0.25, 0.3) is 0 Å². The Bertz CT molecular complexity index is 1100. The van der Waals surface area contributed by atoms with E-state index in [0.717, 1.165) is 29.5 Å². The molecule has 0 saturated heterocycles. The second-order valence-corrected chi connectivity index (χ2v) is 11.2. The van der Waals surface area contributed by atoms with Crippen LogP contribution in [0.15, 0.2) is 48.5 Å². The zero-order valence-electron chi connectivity index (χ0n) is 22.3. The summed E-state index contributed by atoms with van der Waals surface area (Å²) in [5.74, 6) is -0.312. The topological polar surface area (TPSA) is 86.8 Å². The number of carbonyl (C=O) groups is 2. The van der Waals surface area contributed by atoms with Crippen molar-refractivity contribution in [1.29, 1.82) is 0 Å². The number of nitrogens with one attached hydrogen (secondary N) is 1. The fraction of sp³-hybridized carbons (Fsp3) is 0.500. The molecule has 1 unspecified atom stereocenters. The SMILES string of the molecule is CCCCNC(=O)C(CC)N(Cc1ccccc1)C(=O)CCCN(c1ccc(C)c(C)c1)S(C)(=O)=O. The molecule has 0 heterocycles. The van der Waals surface area contributed by atoms with E-state index < -0.39 is 16.1 Å². The van der Waals surface area contributed by atoms with Crippen molar-refractivity contribution in [2.24, 2.45) is 0 Å². The maximum atomic E-state index is 13.4. The standard InChI is InChI=1S/C28H41N3O4S/c1-6-8-18-29-28(33)26(7-2)30(21-24-13-10-9-11-14-24)27(32)15-12-19-31(36(5,34)35)25-17-16-22(3)23(4)20-25/h9-11,13-14,16-17,20,26H,6-8,12,15,18-19,21H2,1-5H3,(H,29,33). The second kappa shape index (κ2) is 14.0. The lowest BCUT2D eigenvalue weighted by Gasteiger charge is -2.31. The van der Waals surface area contributed by atoms with Crippen LogP contribution in [0.5, 0.6) is 0 Å². The van der Waals surface area contributed by atoms with E-state index in [1.807, 2.05) is 63.2 Å². The van der Waals surface area contributed by atoms with E-state index in [4.69, 9.17) is 0 Å². The van der Waals surface area contributed by atoms with Crippen molar-refractivity contribution in [3.8, 4) is 0 Å². The number of amides is 2. The molecular weight excluding hydrogens is 474 g/mol. The van der Waals surface area contributed by atoms with Crippen LogP contribution in [0.4, 0.5) is 5.69 Å². The van der Waals surface area contributed by atoms with Crippen LogP contribution >= 0.6 is 0 Å². The lowest BCUT2D eigenvalue weighted by atomic mass is 10.1. The van der Waals surface area contributed by atoms with Gasteiger partial charge in [-0.2, -0.15) is 0 Å². The predicted octanol–water partition coefficient (Wildman–Crippen LogP) is 4.57. The molecule has 2 amide bonds. The molecule has 1 N–H and O–H groups in total. The summed E-state index contributed by atoms with van der Waals surface area (Å²) in [5, 5.41) is 2.96. The number of carbonyl (C=O) groups excluding carboxylic acids is 2. The minimum absolute atomic E-state index is 0.141. The van der Waals surface area contributed by atoms with E-state index >= 15 is 0 Å². The monoisotopic (exact) mass is 515 g/mol. The molecule has 0 aliphatic carbocycles. The first-order chi connectivity index (χ1) is 17.1. The van der Waals surface area contributed by atoms with E-state index in [9.17, 15) is 18.0 Å². The summed E-state index contributed by atoms with van der Waals surface area (Å²) in [4.78, 5) is 28.0. The Labute approximate surface area is 216 Å². The maximum Gasteiger partial charge on any atom is 0.242 e. The van der Waals surface area contributed by atoms with Gasteiger partial charge in [-0.15, -0.1) is 0 Å². The van der Waals surface area contributed by atoms with Gasteiger partial charge < -0.3 is 10.2 Å².